The minimum Gasteiger partial charge on any atom is -0.266 e. The van der Waals surface area contributed by atoms with E-state index in [1.54, 1.807) is 24.3 Å². The lowest BCUT2D eigenvalue weighted by molar-refractivity contribution is -0.0993. The molecule has 1 aromatic carbocycles. The SMILES string of the molecule is CC(CCl)CON1C(=O)c2ccccc2C1=O. The van der Waals surface area contributed by atoms with Crippen molar-refractivity contribution in [2.75, 3.05) is 12.5 Å². The summed E-state index contributed by atoms with van der Waals surface area (Å²) in [5.41, 5.74) is 0.770. The summed E-state index contributed by atoms with van der Waals surface area (Å²) in [7, 11) is 0. The average molecular weight is 254 g/mol. The van der Waals surface area contributed by atoms with E-state index in [0.717, 1.165) is 5.06 Å². The van der Waals surface area contributed by atoms with Crippen LogP contribution in [0.4, 0.5) is 0 Å². The molecule has 0 spiro atoms. The molecule has 1 aliphatic heterocycles. The molecule has 0 aliphatic carbocycles. The normalized spacial score (nSPS) is 16.2. The summed E-state index contributed by atoms with van der Waals surface area (Å²) in [6, 6.07) is 6.66. The first-order valence-electron chi connectivity index (χ1n) is 5.32. The van der Waals surface area contributed by atoms with E-state index >= 15 is 0 Å². The summed E-state index contributed by atoms with van der Waals surface area (Å²) in [6.07, 6.45) is 0. The molecule has 1 atom stereocenters. The predicted octanol–water partition coefficient (Wildman–Crippen LogP) is 2.09. The van der Waals surface area contributed by atoms with Crippen molar-refractivity contribution in [1.82, 2.24) is 5.06 Å². The molecule has 1 unspecified atom stereocenters. The molecule has 1 aliphatic rings. The molecule has 0 bridgehead atoms. The van der Waals surface area contributed by atoms with Crippen LogP contribution in [0.15, 0.2) is 24.3 Å². The van der Waals surface area contributed by atoms with Gasteiger partial charge in [0.25, 0.3) is 11.8 Å². The highest BCUT2D eigenvalue weighted by Crippen LogP contribution is 2.22. The molecule has 0 aromatic heterocycles. The number of imide groups is 1. The van der Waals surface area contributed by atoms with E-state index in [0.29, 0.717) is 17.0 Å². The molecule has 2 rings (SSSR count). The summed E-state index contributed by atoms with van der Waals surface area (Å²) in [4.78, 5) is 28.9. The van der Waals surface area contributed by atoms with E-state index in [1.807, 2.05) is 6.92 Å². The Morgan fingerprint density at radius 3 is 2.24 bits per heavy atom. The van der Waals surface area contributed by atoms with Gasteiger partial charge in [-0.05, 0) is 18.1 Å². The molecule has 0 saturated heterocycles. The summed E-state index contributed by atoms with van der Waals surface area (Å²) < 4.78 is 0. The Balaban J connectivity index is 2.13. The number of hydrogen-bond acceptors (Lipinski definition) is 3. The maximum absolute atomic E-state index is 11.9. The van der Waals surface area contributed by atoms with E-state index in [-0.39, 0.29) is 12.5 Å². The van der Waals surface area contributed by atoms with Gasteiger partial charge in [0, 0.05) is 5.88 Å². The number of alkyl halides is 1. The monoisotopic (exact) mass is 253 g/mol. The van der Waals surface area contributed by atoms with E-state index in [9.17, 15) is 9.59 Å². The molecule has 0 saturated carbocycles. The van der Waals surface area contributed by atoms with Crippen LogP contribution in [0.5, 0.6) is 0 Å². The van der Waals surface area contributed by atoms with Crippen molar-refractivity contribution in [1.29, 1.82) is 0 Å². The number of nitrogens with zero attached hydrogens (tertiary/aromatic N) is 1. The van der Waals surface area contributed by atoms with Gasteiger partial charge < -0.3 is 0 Å². The summed E-state index contributed by atoms with van der Waals surface area (Å²) in [6.45, 7) is 2.13. The largest absolute Gasteiger partial charge is 0.285 e. The first-order chi connectivity index (χ1) is 8.15. The molecule has 1 heterocycles. The van der Waals surface area contributed by atoms with E-state index in [4.69, 9.17) is 16.4 Å². The topological polar surface area (TPSA) is 46.6 Å². The van der Waals surface area contributed by atoms with Crippen LogP contribution >= 0.6 is 11.6 Å². The Morgan fingerprint density at radius 2 is 1.76 bits per heavy atom. The molecule has 4 nitrogen and oxygen atoms in total. The van der Waals surface area contributed by atoms with Crippen molar-refractivity contribution in [3.63, 3.8) is 0 Å². The molecule has 2 amide bonds. The van der Waals surface area contributed by atoms with Crippen molar-refractivity contribution >= 4 is 23.4 Å². The van der Waals surface area contributed by atoms with Gasteiger partial charge >= 0.3 is 0 Å². The van der Waals surface area contributed by atoms with Gasteiger partial charge in [-0.3, -0.25) is 14.4 Å². The average Bonchev–Trinajstić information content (AvgIpc) is 2.60. The summed E-state index contributed by atoms with van der Waals surface area (Å²) >= 11 is 5.63. The maximum atomic E-state index is 11.9. The van der Waals surface area contributed by atoms with E-state index in [2.05, 4.69) is 0 Å². The zero-order valence-electron chi connectivity index (χ0n) is 9.35. The van der Waals surface area contributed by atoms with Crippen molar-refractivity contribution in [2.45, 2.75) is 6.92 Å². The Hall–Kier alpha value is -1.39. The fourth-order valence-electron chi connectivity index (χ4n) is 1.53. The Kier molecular flexibility index (Phi) is 3.45. The zero-order chi connectivity index (χ0) is 12.4. The second-order valence-corrected chi connectivity index (χ2v) is 4.31. The fourth-order valence-corrected chi connectivity index (χ4v) is 1.62. The van der Waals surface area contributed by atoms with Gasteiger partial charge in [-0.15, -0.1) is 16.7 Å². The third-order valence-corrected chi connectivity index (χ3v) is 3.04. The minimum absolute atomic E-state index is 0.0842. The Bertz CT molecular complexity index is 426. The lowest BCUT2D eigenvalue weighted by Crippen LogP contribution is -2.31. The third kappa shape index (κ3) is 2.18. The Morgan fingerprint density at radius 1 is 1.24 bits per heavy atom. The standard InChI is InChI=1S/C12H12ClNO3/c1-8(6-13)7-17-14-11(15)9-4-2-3-5-10(9)12(14)16/h2-5,8H,6-7H2,1H3. The highest BCUT2D eigenvalue weighted by atomic mass is 35.5. The second kappa shape index (κ2) is 4.85. The smallest absolute Gasteiger partial charge is 0.266 e. The van der Waals surface area contributed by atoms with E-state index in [1.165, 1.54) is 0 Å². The van der Waals surface area contributed by atoms with Crippen LogP contribution in [0.25, 0.3) is 0 Å². The molecule has 90 valence electrons. The Labute approximate surface area is 104 Å². The molecule has 5 heteroatoms. The number of halogens is 1. The lowest BCUT2D eigenvalue weighted by atomic mass is 10.1. The van der Waals surface area contributed by atoms with Crippen LogP contribution < -0.4 is 0 Å². The number of carbonyl (C=O) groups excluding carboxylic acids is 2. The second-order valence-electron chi connectivity index (χ2n) is 4.01. The fraction of sp³-hybridized carbons (Fsp3) is 0.333. The van der Waals surface area contributed by atoms with Gasteiger partial charge in [0.15, 0.2) is 0 Å². The van der Waals surface area contributed by atoms with Crippen LogP contribution in [-0.2, 0) is 4.84 Å². The third-order valence-electron chi connectivity index (χ3n) is 2.51. The van der Waals surface area contributed by atoms with Crippen LogP contribution in [-0.4, -0.2) is 29.4 Å². The number of hydroxylamine groups is 2. The van der Waals surface area contributed by atoms with Gasteiger partial charge in [-0.2, -0.15) is 0 Å². The number of carbonyl (C=O) groups is 2. The minimum atomic E-state index is -0.410. The number of hydrogen-bond donors (Lipinski definition) is 0. The molecule has 0 N–H and O–H groups in total. The lowest BCUT2D eigenvalue weighted by Gasteiger charge is -2.15. The van der Waals surface area contributed by atoms with Gasteiger partial charge in [0.1, 0.15) is 0 Å². The molecule has 17 heavy (non-hydrogen) atoms. The molecule has 1 aromatic rings. The maximum Gasteiger partial charge on any atom is 0.285 e. The summed E-state index contributed by atoms with van der Waals surface area (Å²) in [5.74, 6) is -0.316. The molecule has 0 radical (unpaired) electrons. The van der Waals surface area contributed by atoms with Crippen molar-refractivity contribution in [3.05, 3.63) is 35.4 Å². The van der Waals surface area contributed by atoms with Gasteiger partial charge in [0.05, 0.1) is 17.7 Å². The number of fused-ring (bicyclic) bond motifs is 1. The number of rotatable bonds is 4. The van der Waals surface area contributed by atoms with E-state index < -0.39 is 11.8 Å². The molecular formula is C12H12ClNO3. The predicted molar refractivity (Wildman–Crippen MR) is 62.8 cm³/mol. The molecule has 0 fully saturated rings. The quantitative estimate of drug-likeness (QED) is 0.610. The van der Waals surface area contributed by atoms with Gasteiger partial charge in [-0.1, -0.05) is 19.1 Å². The first kappa shape index (κ1) is 12.1. The van der Waals surface area contributed by atoms with Crippen molar-refractivity contribution in [2.24, 2.45) is 5.92 Å². The number of amides is 2. The number of benzene rings is 1. The van der Waals surface area contributed by atoms with Crippen LogP contribution in [0.2, 0.25) is 0 Å². The van der Waals surface area contributed by atoms with Gasteiger partial charge in [0.2, 0.25) is 0 Å². The zero-order valence-corrected chi connectivity index (χ0v) is 10.1. The van der Waals surface area contributed by atoms with Crippen LogP contribution in [0.1, 0.15) is 27.6 Å². The molecular weight excluding hydrogens is 242 g/mol. The highest BCUT2D eigenvalue weighted by molar-refractivity contribution is 6.20. The van der Waals surface area contributed by atoms with Crippen molar-refractivity contribution in [3.8, 4) is 0 Å². The first-order valence-corrected chi connectivity index (χ1v) is 5.85. The van der Waals surface area contributed by atoms with Crippen LogP contribution in [0.3, 0.4) is 0 Å². The highest BCUT2D eigenvalue weighted by Gasteiger charge is 2.36. The van der Waals surface area contributed by atoms with Crippen LogP contribution in [0, 0.1) is 5.92 Å². The summed E-state index contributed by atoms with van der Waals surface area (Å²) in [5, 5.41) is 0.813. The van der Waals surface area contributed by atoms with Crippen molar-refractivity contribution < 1.29 is 14.4 Å². The van der Waals surface area contributed by atoms with Gasteiger partial charge in [-0.25, -0.2) is 0 Å².